The minimum Gasteiger partial charge on any atom is -0.476 e. The van der Waals surface area contributed by atoms with Gasteiger partial charge in [-0.15, -0.1) is 0 Å². The second kappa shape index (κ2) is 4.82. The first kappa shape index (κ1) is 14.4. The van der Waals surface area contributed by atoms with Crippen molar-refractivity contribution in [2.24, 2.45) is 0 Å². The first-order valence-electron chi connectivity index (χ1n) is 5.38. The van der Waals surface area contributed by atoms with Gasteiger partial charge in [0.1, 0.15) is 5.56 Å². The lowest BCUT2D eigenvalue weighted by atomic mass is 10.2. The van der Waals surface area contributed by atoms with Gasteiger partial charge in [0, 0.05) is 5.02 Å². The van der Waals surface area contributed by atoms with Gasteiger partial charge in [0.2, 0.25) is 0 Å². The van der Waals surface area contributed by atoms with E-state index >= 15 is 0 Å². The van der Waals surface area contributed by atoms with Crippen molar-refractivity contribution in [1.82, 2.24) is 9.78 Å². The van der Waals surface area contributed by atoms with Crippen LogP contribution in [-0.2, 0) is 6.18 Å². The number of alkyl halides is 3. The van der Waals surface area contributed by atoms with Crippen molar-refractivity contribution in [3.05, 3.63) is 46.2 Å². The van der Waals surface area contributed by atoms with Crippen molar-refractivity contribution in [2.45, 2.75) is 13.1 Å². The van der Waals surface area contributed by atoms with Gasteiger partial charge in [0.05, 0.1) is 11.4 Å². The number of benzene rings is 1. The Morgan fingerprint density at radius 3 is 2.25 bits per heavy atom. The molecule has 1 heterocycles. The molecule has 0 radical (unpaired) electrons. The summed E-state index contributed by atoms with van der Waals surface area (Å²) in [4.78, 5) is 10.9. The summed E-state index contributed by atoms with van der Waals surface area (Å²) in [5, 5.41) is 12.8. The Balaban J connectivity index is 2.67. The molecule has 4 nitrogen and oxygen atoms in total. The average molecular weight is 305 g/mol. The Hall–Kier alpha value is -2.02. The topological polar surface area (TPSA) is 55.1 Å². The molecule has 2 aromatic rings. The van der Waals surface area contributed by atoms with Crippen LogP contribution in [0.25, 0.3) is 5.69 Å². The summed E-state index contributed by atoms with van der Waals surface area (Å²) >= 11 is 5.69. The van der Waals surface area contributed by atoms with Crippen LogP contribution in [0.1, 0.15) is 21.7 Å². The van der Waals surface area contributed by atoms with Crippen LogP contribution in [-0.4, -0.2) is 20.9 Å². The Bertz CT molecular complexity index is 663. The molecule has 8 heteroatoms. The predicted molar refractivity (Wildman–Crippen MR) is 65.3 cm³/mol. The van der Waals surface area contributed by atoms with Gasteiger partial charge in [0.15, 0.2) is 5.69 Å². The molecule has 1 aromatic carbocycles. The highest BCUT2D eigenvalue weighted by Crippen LogP contribution is 2.35. The van der Waals surface area contributed by atoms with Crippen molar-refractivity contribution in [3.8, 4) is 5.69 Å². The molecule has 0 atom stereocenters. The lowest BCUT2D eigenvalue weighted by molar-refractivity contribution is -0.138. The van der Waals surface area contributed by atoms with E-state index in [-0.39, 0.29) is 5.69 Å². The van der Waals surface area contributed by atoms with Gasteiger partial charge in [0.25, 0.3) is 0 Å². The molecular weight excluding hydrogens is 297 g/mol. The summed E-state index contributed by atoms with van der Waals surface area (Å²) in [5.74, 6) is -1.73. The zero-order valence-electron chi connectivity index (χ0n) is 10.1. The first-order valence-corrected chi connectivity index (χ1v) is 5.75. The van der Waals surface area contributed by atoms with Crippen LogP contribution in [0.4, 0.5) is 13.2 Å². The van der Waals surface area contributed by atoms with E-state index in [9.17, 15) is 18.0 Å². The lowest BCUT2D eigenvalue weighted by Crippen LogP contribution is -2.12. The van der Waals surface area contributed by atoms with E-state index in [4.69, 9.17) is 16.7 Å². The van der Waals surface area contributed by atoms with Crippen LogP contribution in [0.15, 0.2) is 24.3 Å². The van der Waals surface area contributed by atoms with Crippen LogP contribution in [0.3, 0.4) is 0 Å². The van der Waals surface area contributed by atoms with E-state index < -0.39 is 23.4 Å². The van der Waals surface area contributed by atoms with Crippen molar-refractivity contribution in [3.63, 3.8) is 0 Å². The highest BCUT2D eigenvalue weighted by Gasteiger charge is 2.41. The normalized spacial score (nSPS) is 11.7. The SMILES string of the molecule is Cc1c(C(F)(F)F)c(C(=O)O)nn1-c1ccc(Cl)cc1. The van der Waals surface area contributed by atoms with Crippen molar-refractivity contribution in [2.75, 3.05) is 0 Å². The molecular formula is C12H8ClF3N2O2. The third kappa shape index (κ3) is 2.49. The molecule has 0 saturated carbocycles. The number of carboxylic acid groups (broad SMARTS) is 1. The van der Waals surface area contributed by atoms with Gasteiger partial charge < -0.3 is 5.11 Å². The maximum atomic E-state index is 12.9. The second-order valence-electron chi connectivity index (χ2n) is 4.00. The van der Waals surface area contributed by atoms with Crippen LogP contribution in [0.5, 0.6) is 0 Å². The quantitative estimate of drug-likeness (QED) is 0.923. The van der Waals surface area contributed by atoms with E-state index in [1.165, 1.54) is 24.3 Å². The van der Waals surface area contributed by atoms with E-state index in [2.05, 4.69) is 5.10 Å². The molecule has 0 unspecified atom stereocenters. The number of nitrogens with zero attached hydrogens (tertiary/aromatic N) is 2. The number of hydrogen-bond donors (Lipinski definition) is 1. The fourth-order valence-electron chi connectivity index (χ4n) is 1.83. The second-order valence-corrected chi connectivity index (χ2v) is 4.44. The fraction of sp³-hybridized carbons (Fsp3) is 0.167. The molecule has 1 N–H and O–H groups in total. The molecule has 0 bridgehead atoms. The largest absolute Gasteiger partial charge is 0.476 e. The van der Waals surface area contributed by atoms with Gasteiger partial charge in [-0.1, -0.05) is 11.6 Å². The minimum absolute atomic E-state index is 0.294. The van der Waals surface area contributed by atoms with Gasteiger partial charge >= 0.3 is 12.1 Å². The van der Waals surface area contributed by atoms with Crippen LogP contribution < -0.4 is 0 Å². The minimum atomic E-state index is -4.79. The predicted octanol–water partition coefficient (Wildman–Crippen LogP) is 3.55. The summed E-state index contributed by atoms with van der Waals surface area (Å²) < 4.78 is 39.7. The molecule has 106 valence electrons. The van der Waals surface area contributed by atoms with Crippen molar-refractivity contribution in [1.29, 1.82) is 0 Å². The number of carbonyl (C=O) groups is 1. The van der Waals surface area contributed by atoms with Gasteiger partial charge in [-0.3, -0.25) is 0 Å². The average Bonchev–Trinajstić information content (AvgIpc) is 2.68. The zero-order chi connectivity index (χ0) is 15.1. The monoisotopic (exact) mass is 304 g/mol. The third-order valence-corrected chi connectivity index (χ3v) is 2.93. The molecule has 1 aromatic heterocycles. The third-order valence-electron chi connectivity index (χ3n) is 2.67. The number of carboxylic acids is 1. The molecule has 0 aliphatic rings. The van der Waals surface area contributed by atoms with E-state index in [1.807, 2.05) is 0 Å². The number of hydrogen-bond acceptors (Lipinski definition) is 2. The summed E-state index contributed by atoms with van der Waals surface area (Å²) in [6.45, 7) is 1.16. The summed E-state index contributed by atoms with van der Waals surface area (Å²) in [7, 11) is 0. The van der Waals surface area contributed by atoms with Gasteiger partial charge in [-0.25, -0.2) is 9.48 Å². The Labute approximate surface area is 116 Å². The summed E-state index contributed by atoms with van der Waals surface area (Å²) in [6.07, 6.45) is -4.79. The van der Waals surface area contributed by atoms with Gasteiger partial charge in [-0.2, -0.15) is 18.3 Å². The molecule has 0 saturated heterocycles. The zero-order valence-corrected chi connectivity index (χ0v) is 10.8. The Kier molecular flexibility index (Phi) is 3.47. The van der Waals surface area contributed by atoms with Crippen LogP contribution in [0, 0.1) is 6.92 Å². The summed E-state index contributed by atoms with van der Waals surface area (Å²) in [6, 6.07) is 5.86. The van der Waals surface area contributed by atoms with Gasteiger partial charge in [-0.05, 0) is 31.2 Å². The van der Waals surface area contributed by atoms with Crippen LogP contribution >= 0.6 is 11.6 Å². The molecule has 0 aliphatic carbocycles. The smallest absolute Gasteiger partial charge is 0.420 e. The highest BCUT2D eigenvalue weighted by atomic mass is 35.5. The molecule has 0 fully saturated rings. The first-order chi connectivity index (χ1) is 9.21. The number of aromatic carboxylic acids is 1. The van der Waals surface area contributed by atoms with Crippen molar-refractivity contribution >= 4 is 17.6 Å². The Morgan fingerprint density at radius 2 is 1.85 bits per heavy atom. The number of aromatic nitrogens is 2. The Morgan fingerprint density at radius 1 is 1.30 bits per heavy atom. The molecule has 0 spiro atoms. The maximum absolute atomic E-state index is 12.9. The van der Waals surface area contributed by atoms with E-state index in [0.717, 1.165) is 11.6 Å². The number of halogens is 4. The molecule has 2 rings (SSSR count). The number of rotatable bonds is 2. The molecule has 20 heavy (non-hydrogen) atoms. The molecule has 0 aliphatic heterocycles. The highest BCUT2D eigenvalue weighted by molar-refractivity contribution is 6.30. The summed E-state index contributed by atoms with van der Waals surface area (Å²) in [5.41, 5.74) is -2.27. The maximum Gasteiger partial charge on any atom is 0.420 e. The van der Waals surface area contributed by atoms with Crippen LogP contribution in [0.2, 0.25) is 5.02 Å². The van der Waals surface area contributed by atoms with Crippen molar-refractivity contribution < 1.29 is 23.1 Å². The molecule has 0 amide bonds. The van der Waals surface area contributed by atoms with E-state index in [0.29, 0.717) is 10.7 Å². The standard InChI is InChI=1S/C12H8ClF3N2O2/c1-6-9(12(14,15)16)10(11(19)20)17-18(6)8-4-2-7(13)3-5-8/h2-5H,1H3,(H,19,20). The lowest BCUT2D eigenvalue weighted by Gasteiger charge is -2.07. The van der Waals surface area contributed by atoms with E-state index in [1.54, 1.807) is 0 Å². The fourth-order valence-corrected chi connectivity index (χ4v) is 1.95.